The van der Waals surface area contributed by atoms with Gasteiger partial charge in [-0.25, -0.2) is 0 Å². The number of alkyl halides is 3. The van der Waals surface area contributed by atoms with Crippen LogP contribution in [-0.4, -0.2) is 61.7 Å². The van der Waals surface area contributed by atoms with Crippen molar-refractivity contribution in [3.05, 3.63) is 29.8 Å². The van der Waals surface area contributed by atoms with Crippen molar-refractivity contribution < 1.29 is 22.8 Å². The average molecular weight is 409 g/mol. The standard InChI is InChI=1S/C17H23F3N4O2.ClH/c1-2-15(25)23-13-5-3-4-12(10-13)16(26)22-11-14(17(18,19)20)24-8-6-21-7-9-24;/h3-5,10,14,21H,2,6-9,11H2,1H3,(H,22,26)(H,23,25);1H. The Balaban J connectivity index is 0.00000364. The minimum absolute atomic E-state index is 0. The smallest absolute Gasteiger partial charge is 0.350 e. The number of rotatable bonds is 6. The molecular weight excluding hydrogens is 385 g/mol. The Morgan fingerprint density at radius 3 is 2.52 bits per heavy atom. The second-order valence-electron chi connectivity index (χ2n) is 6.04. The second kappa shape index (κ2) is 10.5. The number of amides is 2. The van der Waals surface area contributed by atoms with E-state index in [1.54, 1.807) is 19.1 Å². The predicted molar refractivity (Wildman–Crippen MR) is 99.2 cm³/mol. The van der Waals surface area contributed by atoms with Crippen LogP contribution in [0.4, 0.5) is 18.9 Å². The summed E-state index contributed by atoms with van der Waals surface area (Å²) in [5.74, 6) is -0.819. The maximum Gasteiger partial charge on any atom is 0.405 e. The van der Waals surface area contributed by atoms with Crippen molar-refractivity contribution in [3.8, 4) is 0 Å². The normalized spacial score (nSPS) is 16.1. The summed E-state index contributed by atoms with van der Waals surface area (Å²) in [6.07, 6.45) is -4.14. The van der Waals surface area contributed by atoms with E-state index >= 15 is 0 Å². The molecule has 0 aliphatic carbocycles. The topological polar surface area (TPSA) is 73.5 Å². The molecule has 27 heavy (non-hydrogen) atoms. The van der Waals surface area contributed by atoms with Crippen molar-refractivity contribution in [3.63, 3.8) is 0 Å². The molecule has 2 rings (SSSR count). The van der Waals surface area contributed by atoms with Crippen molar-refractivity contribution in [1.82, 2.24) is 15.5 Å². The van der Waals surface area contributed by atoms with Gasteiger partial charge in [0, 0.05) is 50.4 Å². The Labute approximate surface area is 162 Å². The molecule has 1 aromatic rings. The molecule has 1 saturated heterocycles. The fourth-order valence-corrected chi connectivity index (χ4v) is 2.72. The van der Waals surface area contributed by atoms with Gasteiger partial charge < -0.3 is 16.0 Å². The summed E-state index contributed by atoms with van der Waals surface area (Å²) in [6, 6.07) is 4.39. The van der Waals surface area contributed by atoms with E-state index in [0.29, 0.717) is 18.8 Å². The van der Waals surface area contributed by atoms with Gasteiger partial charge >= 0.3 is 6.18 Å². The van der Waals surface area contributed by atoms with E-state index in [0.717, 1.165) is 0 Å². The maximum atomic E-state index is 13.3. The van der Waals surface area contributed by atoms with Gasteiger partial charge in [0.05, 0.1) is 0 Å². The van der Waals surface area contributed by atoms with Gasteiger partial charge in [-0.1, -0.05) is 13.0 Å². The van der Waals surface area contributed by atoms with Gasteiger partial charge in [-0.3, -0.25) is 14.5 Å². The molecule has 1 aliphatic rings. The van der Waals surface area contributed by atoms with Gasteiger partial charge in [0.15, 0.2) is 0 Å². The predicted octanol–water partition coefficient (Wildman–Crippen LogP) is 2.02. The molecule has 1 fully saturated rings. The summed E-state index contributed by atoms with van der Waals surface area (Å²) in [4.78, 5) is 25.0. The van der Waals surface area contributed by atoms with Crippen LogP contribution in [0.25, 0.3) is 0 Å². The third-order valence-electron chi connectivity index (χ3n) is 4.16. The van der Waals surface area contributed by atoms with E-state index < -0.39 is 24.7 Å². The van der Waals surface area contributed by atoms with Crippen LogP contribution in [0.3, 0.4) is 0 Å². The monoisotopic (exact) mass is 408 g/mol. The van der Waals surface area contributed by atoms with Crippen LogP contribution in [0.5, 0.6) is 0 Å². The van der Waals surface area contributed by atoms with Gasteiger partial charge in [-0.2, -0.15) is 13.2 Å². The highest BCUT2D eigenvalue weighted by atomic mass is 35.5. The third-order valence-corrected chi connectivity index (χ3v) is 4.16. The molecule has 1 atom stereocenters. The van der Waals surface area contributed by atoms with Crippen molar-refractivity contribution in [2.24, 2.45) is 0 Å². The second-order valence-corrected chi connectivity index (χ2v) is 6.04. The minimum atomic E-state index is -4.43. The highest BCUT2D eigenvalue weighted by Crippen LogP contribution is 2.25. The lowest BCUT2D eigenvalue weighted by atomic mass is 10.1. The quantitative estimate of drug-likeness (QED) is 0.673. The molecule has 3 N–H and O–H groups in total. The Morgan fingerprint density at radius 2 is 1.93 bits per heavy atom. The first-order valence-corrected chi connectivity index (χ1v) is 8.51. The minimum Gasteiger partial charge on any atom is -0.350 e. The number of carbonyl (C=O) groups excluding carboxylic acids is 2. The van der Waals surface area contributed by atoms with E-state index in [4.69, 9.17) is 0 Å². The number of hydrogen-bond donors (Lipinski definition) is 3. The first-order chi connectivity index (χ1) is 12.3. The van der Waals surface area contributed by atoms with E-state index in [2.05, 4.69) is 16.0 Å². The Kier molecular flexibility index (Phi) is 9.01. The number of benzene rings is 1. The average Bonchev–Trinajstić information content (AvgIpc) is 2.61. The van der Waals surface area contributed by atoms with Crippen LogP contribution in [0.15, 0.2) is 24.3 Å². The van der Waals surface area contributed by atoms with Gasteiger partial charge in [0.1, 0.15) is 6.04 Å². The molecule has 10 heteroatoms. The molecule has 2 amide bonds. The fraction of sp³-hybridized carbons (Fsp3) is 0.529. The van der Waals surface area contributed by atoms with Crippen LogP contribution >= 0.6 is 12.4 Å². The van der Waals surface area contributed by atoms with Crippen LogP contribution in [0.1, 0.15) is 23.7 Å². The lowest BCUT2D eigenvalue weighted by Crippen LogP contribution is -2.57. The largest absolute Gasteiger partial charge is 0.405 e. The molecule has 0 aromatic heterocycles. The van der Waals surface area contributed by atoms with E-state index in [-0.39, 0.29) is 43.4 Å². The van der Waals surface area contributed by atoms with Crippen LogP contribution in [0, 0.1) is 0 Å². The number of halogens is 4. The van der Waals surface area contributed by atoms with Gasteiger partial charge in [0.25, 0.3) is 5.91 Å². The van der Waals surface area contributed by atoms with E-state index in [1.807, 2.05) is 0 Å². The molecule has 1 unspecified atom stereocenters. The number of nitrogens with one attached hydrogen (secondary N) is 3. The lowest BCUT2D eigenvalue weighted by molar-refractivity contribution is -0.183. The van der Waals surface area contributed by atoms with Crippen LogP contribution < -0.4 is 16.0 Å². The highest BCUT2D eigenvalue weighted by Gasteiger charge is 2.43. The summed E-state index contributed by atoms with van der Waals surface area (Å²) in [7, 11) is 0. The lowest BCUT2D eigenvalue weighted by Gasteiger charge is -2.35. The Hall–Kier alpha value is -1.84. The number of nitrogens with zero attached hydrogens (tertiary/aromatic N) is 1. The third kappa shape index (κ3) is 7.00. The molecule has 0 spiro atoms. The van der Waals surface area contributed by atoms with Crippen molar-refractivity contribution in [2.75, 3.05) is 38.0 Å². The van der Waals surface area contributed by atoms with Crippen molar-refractivity contribution in [2.45, 2.75) is 25.6 Å². The summed E-state index contributed by atoms with van der Waals surface area (Å²) in [5, 5.41) is 7.98. The maximum absolute atomic E-state index is 13.3. The van der Waals surface area contributed by atoms with Crippen LogP contribution in [0.2, 0.25) is 0 Å². The van der Waals surface area contributed by atoms with Gasteiger partial charge in [-0.05, 0) is 18.2 Å². The first-order valence-electron chi connectivity index (χ1n) is 8.51. The summed E-state index contributed by atoms with van der Waals surface area (Å²) in [6.45, 7) is 2.70. The number of anilines is 1. The van der Waals surface area contributed by atoms with E-state index in [9.17, 15) is 22.8 Å². The molecule has 0 saturated carbocycles. The molecule has 152 valence electrons. The summed E-state index contributed by atoms with van der Waals surface area (Å²) >= 11 is 0. The molecular formula is C17H24ClF3N4O2. The van der Waals surface area contributed by atoms with Crippen molar-refractivity contribution in [1.29, 1.82) is 0 Å². The SMILES string of the molecule is CCC(=O)Nc1cccc(C(=O)NCC(N2CCNCC2)C(F)(F)F)c1.Cl. The number of hydrogen-bond acceptors (Lipinski definition) is 4. The Morgan fingerprint density at radius 1 is 1.26 bits per heavy atom. The van der Waals surface area contributed by atoms with E-state index in [1.165, 1.54) is 17.0 Å². The number of piperazine rings is 1. The summed E-state index contributed by atoms with van der Waals surface area (Å²) in [5.41, 5.74) is 0.624. The highest BCUT2D eigenvalue weighted by molar-refractivity contribution is 5.97. The molecule has 6 nitrogen and oxygen atoms in total. The number of carbonyl (C=O) groups is 2. The molecule has 0 bridgehead atoms. The first kappa shape index (κ1) is 23.2. The molecule has 1 aromatic carbocycles. The zero-order chi connectivity index (χ0) is 19.2. The zero-order valence-electron chi connectivity index (χ0n) is 14.9. The summed E-state index contributed by atoms with van der Waals surface area (Å²) < 4.78 is 40.0. The molecule has 1 heterocycles. The Bertz CT molecular complexity index is 637. The van der Waals surface area contributed by atoms with Gasteiger partial charge in [0.2, 0.25) is 5.91 Å². The molecule has 0 radical (unpaired) electrons. The van der Waals surface area contributed by atoms with Gasteiger partial charge in [-0.15, -0.1) is 12.4 Å². The van der Waals surface area contributed by atoms with Crippen molar-refractivity contribution >= 4 is 29.9 Å². The molecule has 1 aliphatic heterocycles. The van der Waals surface area contributed by atoms with Crippen LogP contribution in [-0.2, 0) is 4.79 Å². The fourth-order valence-electron chi connectivity index (χ4n) is 2.72. The zero-order valence-corrected chi connectivity index (χ0v) is 15.8.